The van der Waals surface area contributed by atoms with Crippen LogP contribution in [0.25, 0.3) is 0 Å². The number of methoxy groups -OCH3 is 1. The summed E-state index contributed by atoms with van der Waals surface area (Å²) in [6, 6.07) is 9.57. The van der Waals surface area contributed by atoms with Crippen molar-refractivity contribution in [1.82, 2.24) is 0 Å². The lowest BCUT2D eigenvalue weighted by molar-refractivity contribution is 0.0996. The van der Waals surface area contributed by atoms with Crippen LogP contribution in [-0.2, 0) is 6.42 Å². The van der Waals surface area contributed by atoms with Gasteiger partial charge in [-0.2, -0.15) is 0 Å². The van der Waals surface area contributed by atoms with Crippen molar-refractivity contribution in [2.75, 3.05) is 7.11 Å². The minimum atomic E-state index is 0.144. The third-order valence-electron chi connectivity index (χ3n) is 2.59. The summed E-state index contributed by atoms with van der Waals surface area (Å²) in [5.41, 5.74) is 0.999. The molecule has 1 aromatic heterocycles. The largest absolute Gasteiger partial charge is 0.497 e. The molecular weight excluding hydrogens is 312 g/mol. The molecule has 0 radical (unpaired) electrons. The molecule has 2 rings (SSSR count). The summed E-state index contributed by atoms with van der Waals surface area (Å²) in [6.45, 7) is 2.00. The number of ether oxygens (including phenoxy) is 1. The highest BCUT2D eigenvalue weighted by atomic mass is 79.9. The molecule has 0 aliphatic heterocycles. The number of Topliss-reactive ketones (excluding diaryl/α,β-unsaturated/α-hetero) is 1. The third-order valence-corrected chi connectivity index (χ3v) is 4.57. The first-order chi connectivity index (χ1) is 8.60. The molecule has 0 N–H and O–H groups in total. The maximum Gasteiger partial charge on any atom is 0.178 e. The number of benzene rings is 1. The van der Waals surface area contributed by atoms with E-state index in [9.17, 15) is 4.79 Å². The number of hydrogen-bond donors (Lipinski definition) is 0. The zero-order chi connectivity index (χ0) is 13.1. The van der Waals surface area contributed by atoms with E-state index in [1.54, 1.807) is 7.11 Å². The van der Waals surface area contributed by atoms with Crippen molar-refractivity contribution >= 4 is 33.0 Å². The minimum absolute atomic E-state index is 0.144. The van der Waals surface area contributed by atoms with Crippen LogP contribution < -0.4 is 4.74 Å². The van der Waals surface area contributed by atoms with Crippen LogP contribution in [0, 0.1) is 6.92 Å². The number of halogens is 1. The van der Waals surface area contributed by atoms with E-state index in [4.69, 9.17) is 4.74 Å². The maximum absolute atomic E-state index is 12.2. The number of ketones is 1. The van der Waals surface area contributed by atoms with Crippen molar-refractivity contribution < 1.29 is 9.53 Å². The Morgan fingerprint density at radius 2 is 2.00 bits per heavy atom. The van der Waals surface area contributed by atoms with Gasteiger partial charge in [-0.1, -0.05) is 12.1 Å². The molecule has 0 saturated heterocycles. The molecule has 0 amide bonds. The van der Waals surface area contributed by atoms with Crippen LogP contribution in [0.3, 0.4) is 0 Å². The van der Waals surface area contributed by atoms with Crippen LogP contribution in [0.2, 0.25) is 0 Å². The molecule has 2 nitrogen and oxygen atoms in total. The average Bonchev–Trinajstić information content (AvgIpc) is 2.69. The normalized spacial score (nSPS) is 10.4. The second kappa shape index (κ2) is 5.67. The van der Waals surface area contributed by atoms with Crippen LogP contribution in [0.15, 0.2) is 34.8 Å². The first-order valence-electron chi connectivity index (χ1n) is 5.52. The van der Waals surface area contributed by atoms with Crippen LogP contribution in [-0.4, -0.2) is 12.9 Å². The number of aryl methyl sites for hydroxylation is 1. The Morgan fingerprint density at radius 3 is 2.50 bits per heavy atom. The number of rotatable bonds is 4. The van der Waals surface area contributed by atoms with Crippen molar-refractivity contribution in [2.45, 2.75) is 13.3 Å². The highest BCUT2D eigenvalue weighted by molar-refractivity contribution is 9.10. The molecule has 0 aliphatic carbocycles. The molecule has 18 heavy (non-hydrogen) atoms. The Labute approximate surface area is 119 Å². The first-order valence-corrected chi connectivity index (χ1v) is 7.13. The van der Waals surface area contributed by atoms with Crippen molar-refractivity contribution in [2.24, 2.45) is 0 Å². The average molecular weight is 325 g/mol. The summed E-state index contributed by atoms with van der Waals surface area (Å²) in [4.78, 5) is 14.1. The molecular formula is C14H13BrO2S. The van der Waals surface area contributed by atoms with Gasteiger partial charge in [0.15, 0.2) is 5.78 Å². The van der Waals surface area contributed by atoms with E-state index in [0.29, 0.717) is 6.42 Å². The molecule has 0 aliphatic rings. The number of carbonyl (C=O) groups is 1. The van der Waals surface area contributed by atoms with E-state index in [-0.39, 0.29) is 5.78 Å². The Kier molecular flexibility index (Phi) is 4.19. The van der Waals surface area contributed by atoms with Crippen LogP contribution in [0.1, 0.15) is 20.1 Å². The zero-order valence-corrected chi connectivity index (χ0v) is 12.6. The summed E-state index contributed by atoms with van der Waals surface area (Å²) >= 11 is 4.95. The molecule has 0 fully saturated rings. The van der Waals surface area contributed by atoms with E-state index < -0.39 is 0 Å². The highest BCUT2D eigenvalue weighted by Crippen LogP contribution is 2.28. The number of hydrogen-bond acceptors (Lipinski definition) is 3. The number of carbonyl (C=O) groups excluding carboxylic acids is 1. The van der Waals surface area contributed by atoms with Gasteiger partial charge in [0.1, 0.15) is 5.75 Å². The van der Waals surface area contributed by atoms with E-state index in [1.165, 1.54) is 11.3 Å². The van der Waals surface area contributed by atoms with Gasteiger partial charge in [-0.15, -0.1) is 11.3 Å². The quantitative estimate of drug-likeness (QED) is 0.786. The fourth-order valence-corrected chi connectivity index (χ4v) is 3.48. The number of thiophene rings is 1. The first kappa shape index (κ1) is 13.3. The van der Waals surface area contributed by atoms with Gasteiger partial charge in [-0.3, -0.25) is 4.79 Å². The van der Waals surface area contributed by atoms with Crippen molar-refractivity contribution in [1.29, 1.82) is 0 Å². The second-order valence-electron chi connectivity index (χ2n) is 3.98. The van der Waals surface area contributed by atoms with Crippen LogP contribution in [0.4, 0.5) is 0 Å². The Bertz CT molecular complexity index is 558. The topological polar surface area (TPSA) is 26.3 Å². The van der Waals surface area contributed by atoms with Gasteiger partial charge < -0.3 is 4.74 Å². The molecule has 94 valence electrons. The van der Waals surface area contributed by atoms with Gasteiger partial charge in [0, 0.05) is 15.8 Å². The summed E-state index contributed by atoms with van der Waals surface area (Å²) in [5.74, 6) is 0.949. The predicted octanol–water partition coefficient (Wildman–Crippen LogP) is 4.25. The van der Waals surface area contributed by atoms with Gasteiger partial charge in [0.2, 0.25) is 0 Å². The maximum atomic E-state index is 12.2. The second-order valence-corrected chi connectivity index (χ2v) is 6.09. The molecule has 4 heteroatoms. The van der Waals surface area contributed by atoms with E-state index in [2.05, 4.69) is 15.9 Å². The highest BCUT2D eigenvalue weighted by Gasteiger charge is 2.13. The summed E-state index contributed by atoms with van der Waals surface area (Å²) in [7, 11) is 1.63. The van der Waals surface area contributed by atoms with Crippen molar-refractivity contribution in [3.05, 3.63) is 50.1 Å². The molecule has 1 aromatic carbocycles. The lowest BCUT2D eigenvalue weighted by Gasteiger charge is -2.02. The van der Waals surface area contributed by atoms with Gasteiger partial charge >= 0.3 is 0 Å². The van der Waals surface area contributed by atoms with Crippen LogP contribution >= 0.6 is 27.3 Å². The lowest BCUT2D eigenvalue weighted by Crippen LogP contribution is -2.01. The molecule has 2 aromatic rings. The molecule has 0 spiro atoms. The monoisotopic (exact) mass is 324 g/mol. The standard InChI is InChI=1S/C14H13BrO2S/c1-9-7-12(15)14(18-9)13(16)8-10-3-5-11(17-2)6-4-10/h3-7H,8H2,1-2H3. The summed E-state index contributed by atoms with van der Waals surface area (Å²) in [5, 5.41) is 0. The predicted molar refractivity (Wildman–Crippen MR) is 77.8 cm³/mol. The fourth-order valence-electron chi connectivity index (χ4n) is 1.68. The van der Waals surface area contributed by atoms with Crippen molar-refractivity contribution in [3.63, 3.8) is 0 Å². The van der Waals surface area contributed by atoms with E-state index >= 15 is 0 Å². The summed E-state index contributed by atoms with van der Waals surface area (Å²) < 4.78 is 5.98. The van der Waals surface area contributed by atoms with Gasteiger partial charge in [-0.05, 0) is 46.6 Å². The summed E-state index contributed by atoms with van der Waals surface area (Å²) in [6.07, 6.45) is 0.419. The van der Waals surface area contributed by atoms with Crippen molar-refractivity contribution in [3.8, 4) is 5.75 Å². The van der Waals surface area contributed by atoms with Crippen LogP contribution in [0.5, 0.6) is 5.75 Å². The van der Waals surface area contributed by atoms with E-state index in [0.717, 1.165) is 25.5 Å². The SMILES string of the molecule is COc1ccc(CC(=O)c2sc(C)cc2Br)cc1. The lowest BCUT2D eigenvalue weighted by atomic mass is 10.1. The zero-order valence-electron chi connectivity index (χ0n) is 10.2. The Balaban J connectivity index is 2.13. The smallest absolute Gasteiger partial charge is 0.178 e. The van der Waals surface area contributed by atoms with Gasteiger partial charge in [-0.25, -0.2) is 0 Å². The van der Waals surface area contributed by atoms with Gasteiger partial charge in [0.05, 0.1) is 12.0 Å². The minimum Gasteiger partial charge on any atom is -0.497 e. The molecule has 1 heterocycles. The fraction of sp³-hybridized carbons (Fsp3) is 0.214. The Hall–Kier alpha value is -1.13. The van der Waals surface area contributed by atoms with E-state index in [1.807, 2.05) is 37.3 Å². The molecule has 0 unspecified atom stereocenters. The Morgan fingerprint density at radius 1 is 1.33 bits per heavy atom. The molecule has 0 bridgehead atoms. The van der Waals surface area contributed by atoms with Gasteiger partial charge in [0.25, 0.3) is 0 Å². The molecule has 0 saturated carbocycles. The third kappa shape index (κ3) is 3.00. The molecule has 0 atom stereocenters.